The first kappa shape index (κ1) is 13.2. The van der Waals surface area contributed by atoms with Gasteiger partial charge in [-0.2, -0.15) is 13.2 Å². The van der Waals surface area contributed by atoms with E-state index in [1.54, 1.807) is 0 Å². The molecule has 1 aromatic heterocycles. The van der Waals surface area contributed by atoms with Crippen LogP contribution in [-0.4, -0.2) is 16.1 Å². The summed E-state index contributed by atoms with van der Waals surface area (Å²) in [6.07, 6.45) is -4.86. The number of hydrogen-bond acceptors (Lipinski definition) is 2. The van der Waals surface area contributed by atoms with Crippen LogP contribution in [0.15, 0.2) is 6.07 Å². The fraction of sp³-hybridized carbons (Fsp3) is 0.600. The minimum absolute atomic E-state index is 0.0601. The van der Waals surface area contributed by atoms with E-state index in [9.17, 15) is 13.2 Å². The molecular weight excluding hydrogens is 241 g/mol. The highest BCUT2D eigenvalue weighted by molar-refractivity contribution is 6.29. The van der Waals surface area contributed by atoms with Crippen LogP contribution < -0.4 is 0 Å². The summed E-state index contributed by atoms with van der Waals surface area (Å²) in [7, 11) is 0. The summed E-state index contributed by atoms with van der Waals surface area (Å²) in [4.78, 5) is 7.40. The van der Waals surface area contributed by atoms with E-state index < -0.39 is 12.6 Å². The molecule has 6 heteroatoms. The Morgan fingerprint density at radius 3 is 2.44 bits per heavy atom. The molecule has 0 aliphatic carbocycles. The molecule has 1 aromatic rings. The molecule has 16 heavy (non-hydrogen) atoms. The predicted octanol–water partition coefficient (Wildman–Crippen LogP) is 3.43. The van der Waals surface area contributed by atoms with Crippen LogP contribution in [-0.2, 0) is 12.8 Å². The van der Waals surface area contributed by atoms with Crippen molar-refractivity contribution in [3.05, 3.63) is 22.7 Å². The van der Waals surface area contributed by atoms with Gasteiger partial charge in [0.05, 0.1) is 0 Å². The van der Waals surface area contributed by atoms with Gasteiger partial charge in [0.2, 0.25) is 0 Å². The SMILES string of the molecule is CC(C)Cc1cc(Cl)nc(CC(F)(F)F)n1. The second-order valence-electron chi connectivity index (χ2n) is 3.99. The summed E-state index contributed by atoms with van der Waals surface area (Å²) >= 11 is 5.64. The van der Waals surface area contributed by atoms with Crippen LogP contribution in [0.5, 0.6) is 0 Å². The molecule has 0 unspecified atom stereocenters. The highest BCUT2D eigenvalue weighted by atomic mass is 35.5. The zero-order valence-corrected chi connectivity index (χ0v) is 9.73. The van der Waals surface area contributed by atoms with Gasteiger partial charge in [-0.25, -0.2) is 9.97 Å². The lowest BCUT2D eigenvalue weighted by molar-refractivity contribution is -0.128. The molecule has 0 aliphatic heterocycles. The highest BCUT2D eigenvalue weighted by Gasteiger charge is 2.29. The maximum Gasteiger partial charge on any atom is 0.396 e. The van der Waals surface area contributed by atoms with Crippen molar-refractivity contribution in [2.45, 2.75) is 32.9 Å². The molecule has 0 radical (unpaired) electrons. The number of alkyl halides is 3. The Kier molecular flexibility index (Phi) is 4.13. The van der Waals surface area contributed by atoms with Gasteiger partial charge in [0, 0.05) is 5.69 Å². The monoisotopic (exact) mass is 252 g/mol. The lowest BCUT2D eigenvalue weighted by Crippen LogP contribution is -2.15. The Hall–Kier alpha value is -0.840. The van der Waals surface area contributed by atoms with E-state index in [1.807, 2.05) is 13.8 Å². The minimum atomic E-state index is -4.31. The number of aromatic nitrogens is 2. The molecule has 0 aliphatic rings. The number of rotatable bonds is 3. The first-order valence-corrected chi connectivity index (χ1v) is 5.23. The van der Waals surface area contributed by atoms with Gasteiger partial charge >= 0.3 is 6.18 Å². The van der Waals surface area contributed by atoms with Crippen molar-refractivity contribution in [3.8, 4) is 0 Å². The summed E-state index contributed by atoms with van der Waals surface area (Å²) < 4.78 is 36.4. The standard InChI is InChI=1S/C10H12ClF3N2/c1-6(2)3-7-4-8(11)16-9(15-7)5-10(12,13)14/h4,6H,3,5H2,1-2H3. The van der Waals surface area contributed by atoms with Crippen LogP contribution in [0.3, 0.4) is 0 Å². The van der Waals surface area contributed by atoms with Crippen molar-refractivity contribution in [2.75, 3.05) is 0 Å². The van der Waals surface area contributed by atoms with Gasteiger partial charge in [-0.1, -0.05) is 25.4 Å². The van der Waals surface area contributed by atoms with E-state index in [0.29, 0.717) is 18.0 Å². The molecule has 90 valence electrons. The molecule has 1 rings (SSSR count). The van der Waals surface area contributed by atoms with Gasteiger partial charge in [0.15, 0.2) is 0 Å². The predicted molar refractivity (Wildman–Crippen MR) is 55.3 cm³/mol. The smallest absolute Gasteiger partial charge is 0.237 e. The average Bonchev–Trinajstić information content (AvgIpc) is 1.96. The van der Waals surface area contributed by atoms with Crippen LogP contribution in [0, 0.1) is 5.92 Å². The van der Waals surface area contributed by atoms with Crippen LogP contribution >= 0.6 is 11.6 Å². The molecule has 2 nitrogen and oxygen atoms in total. The van der Waals surface area contributed by atoms with Crippen LogP contribution in [0.4, 0.5) is 13.2 Å². The van der Waals surface area contributed by atoms with Crippen LogP contribution in [0.1, 0.15) is 25.4 Å². The number of nitrogens with zero attached hydrogens (tertiary/aromatic N) is 2. The van der Waals surface area contributed by atoms with E-state index in [0.717, 1.165) is 0 Å². The largest absolute Gasteiger partial charge is 0.396 e. The first-order valence-electron chi connectivity index (χ1n) is 4.85. The fourth-order valence-electron chi connectivity index (χ4n) is 1.30. The second kappa shape index (κ2) is 4.99. The lowest BCUT2D eigenvalue weighted by atomic mass is 10.1. The van der Waals surface area contributed by atoms with Gasteiger partial charge in [-0.15, -0.1) is 0 Å². The molecule has 0 fully saturated rings. The summed E-state index contributed by atoms with van der Waals surface area (Å²) in [5, 5.41) is 0.0601. The summed E-state index contributed by atoms with van der Waals surface area (Å²) in [5.41, 5.74) is 0.550. The molecule has 0 bridgehead atoms. The molecule has 1 heterocycles. The molecule has 0 spiro atoms. The Morgan fingerprint density at radius 1 is 1.31 bits per heavy atom. The summed E-state index contributed by atoms with van der Waals surface area (Å²) in [6.45, 7) is 3.92. The fourth-order valence-corrected chi connectivity index (χ4v) is 1.52. The van der Waals surface area contributed by atoms with Gasteiger partial charge in [-0.3, -0.25) is 0 Å². The van der Waals surface area contributed by atoms with Gasteiger partial charge in [0.25, 0.3) is 0 Å². The third kappa shape index (κ3) is 4.79. The van der Waals surface area contributed by atoms with E-state index in [-0.39, 0.29) is 11.0 Å². The summed E-state index contributed by atoms with van der Waals surface area (Å²) in [5.74, 6) is 0.0420. The van der Waals surface area contributed by atoms with Gasteiger partial charge in [0.1, 0.15) is 17.4 Å². The molecule has 0 amide bonds. The molecule has 0 aromatic carbocycles. The third-order valence-electron chi connectivity index (χ3n) is 1.77. The van der Waals surface area contributed by atoms with Crippen LogP contribution in [0.2, 0.25) is 5.15 Å². The van der Waals surface area contributed by atoms with Gasteiger partial charge in [-0.05, 0) is 18.4 Å². The van der Waals surface area contributed by atoms with E-state index in [1.165, 1.54) is 6.07 Å². The van der Waals surface area contributed by atoms with E-state index >= 15 is 0 Å². The minimum Gasteiger partial charge on any atom is -0.237 e. The Bertz CT molecular complexity index is 364. The number of hydrogen-bond donors (Lipinski definition) is 0. The molecule has 0 saturated heterocycles. The lowest BCUT2D eigenvalue weighted by Gasteiger charge is -2.08. The maximum atomic E-state index is 12.1. The zero-order valence-electron chi connectivity index (χ0n) is 8.98. The van der Waals surface area contributed by atoms with Crippen molar-refractivity contribution in [1.29, 1.82) is 0 Å². The first-order chi connectivity index (χ1) is 7.26. The normalized spacial score (nSPS) is 12.2. The van der Waals surface area contributed by atoms with Crippen molar-refractivity contribution in [2.24, 2.45) is 5.92 Å². The molecular formula is C10H12ClF3N2. The average molecular weight is 253 g/mol. The zero-order chi connectivity index (χ0) is 12.3. The van der Waals surface area contributed by atoms with Crippen molar-refractivity contribution in [1.82, 2.24) is 9.97 Å². The van der Waals surface area contributed by atoms with E-state index in [4.69, 9.17) is 11.6 Å². The van der Waals surface area contributed by atoms with Gasteiger partial charge < -0.3 is 0 Å². The van der Waals surface area contributed by atoms with Crippen molar-refractivity contribution in [3.63, 3.8) is 0 Å². The third-order valence-corrected chi connectivity index (χ3v) is 1.96. The Morgan fingerprint density at radius 2 is 1.94 bits per heavy atom. The summed E-state index contributed by atoms with van der Waals surface area (Å²) in [6, 6.07) is 1.50. The second-order valence-corrected chi connectivity index (χ2v) is 4.38. The highest BCUT2D eigenvalue weighted by Crippen LogP contribution is 2.21. The topological polar surface area (TPSA) is 25.8 Å². The Balaban J connectivity index is 2.90. The molecule has 0 N–H and O–H groups in total. The maximum absolute atomic E-state index is 12.1. The Labute approximate surface area is 96.9 Å². The number of halogens is 4. The molecule has 0 atom stereocenters. The van der Waals surface area contributed by atoms with Crippen LogP contribution in [0.25, 0.3) is 0 Å². The van der Waals surface area contributed by atoms with Crippen molar-refractivity contribution < 1.29 is 13.2 Å². The molecule has 0 saturated carbocycles. The van der Waals surface area contributed by atoms with E-state index in [2.05, 4.69) is 9.97 Å². The quantitative estimate of drug-likeness (QED) is 0.770. The van der Waals surface area contributed by atoms with Crippen molar-refractivity contribution >= 4 is 11.6 Å².